The Morgan fingerprint density at radius 2 is 1.11 bits per heavy atom. The van der Waals surface area contributed by atoms with Gasteiger partial charge in [-0.15, -0.1) is 11.3 Å². The molecule has 0 saturated heterocycles. The summed E-state index contributed by atoms with van der Waals surface area (Å²) in [5, 5.41) is 6.83. The Morgan fingerprint density at radius 1 is 0.511 bits per heavy atom. The van der Waals surface area contributed by atoms with Crippen LogP contribution in [0.3, 0.4) is 0 Å². The van der Waals surface area contributed by atoms with Crippen molar-refractivity contribution in [2.75, 3.05) is 0 Å². The van der Waals surface area contributed by atoms with Gasteiger partial charge in [-0.25, -0.2) is 4.98 Å². The normalized spacial score (nSPS) is 12.0. The van der Waals surface area contributed by atoms with E-state index in [0.29, 0.717) is 17.6 Å². The highest BCUT2D eigenvalue weighted by atomic mass is 32.1. The summed E-state index contributed by atoms with van der Waals surface area (Å²) < 4.78 is 11.3. The van der Waals surface area contributed by atoms with Crippen LogP contribution >= 0.6 is 11.3 Å². The first kappa shape index (κ1) is 24.6. The van der Waals surface area contributed by atoms with Gasteiger partial charge < -0.3 is 4.42 Å². The number of fused-ring (bicyclic) bond motifs is 12. The van der Waals surface area contributed by atoms with Crippen molar-refractivity contribution in [2.45, 2.75) is 0 Å². The SMILES string of the molecule is c1ccc(-c2nc(-c3ccccc3)nc(-n3c4ccccc4c4c5c6ccccc6oc5c5sc6ccccc6c5c43)n2)cc1. The number of hydrogen-bond acceptors (Lipinski definition) is 5. The Kier molecular flexibility index (Phi) is 5.09. The van der Waals surface area contributed by atoms with Crippen molar-refractivity contribution in [3.05, 3.63) is 133 Å². The first-order chi connectivity index (χ1) is 22.3. The minimum absolute atomic E-state index is 0.581. The van der Waals surface area contributed by atoms with Crippen LogP contribution in [0, 0.1) is 0 Å². The Morgan fingerprint density at radius 3 is 1.84 bits per heavy atom. The third kappa shape index (κ3) is 3.51. The molecule has 10 rings (SSSR count). The fraction of sp³-hybridized carbons (Fsp3) is 0. The summed E-state index contributed by atoms with van der Waals surface area (Å²) in [4.78, 5) is 15.4. The molecule has 6 aromatic carbocycles. The number of benzene rings is 6. The van der Waals surface area contributed by atoms with Crippen molar-refractivity contribution >= 4 is 75.3 Å². The smallest absolute Gasteiger partial charge is 0.238 e. The molecule has 4 aromatic heterocycles. The monoisotopic (exact) mass is 594 g/mol. The lowest BCUT2D eigenvalue weighted by molar-refractivity contribution is 0.673. The van der Waals surface area contributed by atoms with Crippen molar-refractivity contribution in [3.8, 4) is 28.7 Å². The summed E-state index contributed by atoms with van der Waals surface area (Å²) in [7, 11) is 0. The standard InChI is InChI=1S/C39H22N4OS/c1-3-13-23(14-4-1)37-40-38(24-15-5-2-6-16-24)42-39(41-37)43-28-20-10-7-17-25(28)31-32-26-18-8-11-21-29(26)44-35(32)36-33(34(31)43)27-19-9-12-22-30(27)45-36/h1-22H. The van der Waals surface area contributed by atoms with E-state index in [2.05, 4.69) is 71.3 Å². The second kappa shape index (κ2) is 9.32. The zero-order chi connectivity index (χ0) is 29.5. The lowest BCUT2D eigenvalue weighted by Crippen LogP contribution is -2.06. The third-order valence-electron chi connectivity index (χ3n) is 8.65. The zero-order valence-corrected chi connectivity index (χ0v) is 24.6. The van der Waals surface area contributed by atoms with Crippen LogP contribution in [0.1, 0.15) is 0 Å². The average molecular weight is 595 g/mol. The van der Waals surface area contributed by atoms with Crippen molar-refractivity contribution < 1.29 is 4.42 Å². The molecular weight excluding hydrogens is 573 g/mol. The van der Waals surface area contributed by atoms with E-state index in [1.807, 2.05) is 66.7 Å². The Bertz CT molecular complexity index is 2700. The summed E-state index contributed by atoms with van der Waals surface area (Å²) >= 11 is 1.77. The van der Waals surface area contributed by atoms with Gasteiger partial charge in [0.25, 0.3) is 0 Å². The zero-order valence-electron chi connectivity index (χ0n) is 23.8. The van der Waals surface area contributed by atoms with Crippen LogP contribution in [0.2, 0.25) is 0 Å². The molecule has 10 aromatic rings. The number of rotatable bonds is 3. The minimum Gasteiger partial charge on any atom is -0.455 e. The number of aromatic nitrogens is 4. The average Bonchev–Trinajstić information content (AvgIpc) is 3.79. The number of nitrogens with zero attached hydrogens (tertiary/aromatic N) is 4. The summed E-state index contributed by atoms with van der Waals surface area (Å²) in [6, 6.07) is 45.8. The van der Waals surface area contributed by atoms with Gasteiger partial charge in [0, 0.05) is 48.1 Å². The Balaban J connectivity index is 1.46. The lowest BCUT2D eigenvalue weighted by atomic mass is 10.0. The predicted octanol–water partition coefficient (Wildman–Crippen LogP) is 10.6. The van der Waals surface area contributed by atoms with Crippen LogP contribution < -0.4 is 0 Å². The molecule has 0 bridgehead atoms. The number of furan rings is 1. The van der Waals surface area contributed by atoms with E-state index in [1.54, 1.807) is 11.3 Å². The van der Waals surface area contributed by atoms with Crippen LogP contribution in [-0.4, -0.2) is 19.5 Å². The maximum absolute atomic E-state index is 6.68. The van der Waals surface area contributed by atoms with E-state index in [-0.39, 0.29) is 0 Å². The van der Waals surface area contributed by atoms with Gasteiger partial charge in [0.15, 0.2) is 17.2 Å². The van der Waals surface area contributed by atoms with Gasteiger partial charge in [0.1, 0.15) is 5.58 Å². The summed E-state index contributed by atoms with van der Waals surface area (Å²) in [6.07, 6.45) is 0. The molecule has 0 aliphatic heterocycles. The van der Waals surface area contributed by atoms with Gasteiger partial charge in [-0.3, -0.25) is 4.57 Å². The molecule has 5 nitrogen and oxygen atoms in total. The van der Waals surface area contributed by atoms with Gasteiger partial charge in [-0.1, -0.05) is 115 Å². The molecule has 210 valence electrons. The highest BCUT2D eigenvalue weighted by Crippen LogP contribution is 2.50. The Hall–Kier alpha value is -5.85. The highest BCUT2D eigenvalue weighted by molar-refractivity contribution is 7.26. The van der Waals surface area contributed by atoms with Gasteiger partial charge in [0.2, 0.25) is 5.95 Å². The molecule has 0 atom stereocenters. The van der Waals surface area contributed by atoms with E-state index >= 15 is 0 Å². The summed E-state index contributed by atoms with van der Waals surface area (Å²) in [6.45, 7) is 0. The van der Waals surface area contributed by atoms with Crippen LogP contribution in [0.25, 0.3) is 92.6 Å². The topological polar surface area (TPSA) is 56.7 Å². The molecule has 0 N–H and O–H groups in total. The largest absolute Gasteiger partial charge is 0.455 e. The van der Waals surface area contributed by atoms with E-state index in [0.717, 1.165) is 65.0 Å². The first-order valence-electron chi connectivity index (χ1n) is 14.9. The molecule has 6 heteroatoms. The van der Waals surface area contributed by atoms with Gasteiger partial charge in [-0.05, 0) is 18.2 Å². The third-order valence-corrected chi connectivity index (χ3v) is 9.82. The highest BCUT2D eigenvalue weighted by Gasteiger charge is 2.26. The number of thiophene rings is 1. The molecule has 0 radical (unpaired) electrons. The van der Waals surface area contributed by atoms with Crippen molar-refractivity contribution in [3.63, 3.8) is 0 Å². The molecule has 0 aliphatic carbocycles. The molecule has 0 amide bonds. The molecule has 0 unspecified atom stereocenters. The molecule has 0 aliphatic rings. The number of hydrogen-bond donors (Lipinski definition) is 0. The molecule has 0 spiro atoms. The Labute approximate surface area is 260 Å². The second-order valence-electron chi connectivity index (χ2n) is 11.2. The van der Waals surface area contributed by atoms with Crippen molar-refractivity contribution in [1.82, 2.24) is 19.5 Å². The predicted molar refractivity (Wildman–Crippen MR) is 185 cm³/mol. The van der Waals surface area contributed by atoms with Crippen LogP contribution in [0.5, 0.6) is 0 Å². The molecule has 0 fully saturated rings. The van der Waals surface area contributed by atoms with Gasteiger partial charge in [0.05, 0.1) is 15.7 Å². The molecule has 4 heterocycles. The maximum Gasteiger partial charge on any atom is 0.238 e. The first-order valence-corrected chi connectivity index (χ1v) is 15.7. The molecular formula is C39H22N4OS. The van der Waals surface area contributed by atoms with Gasteiger partial charge in [-0.2, -0.15) is 9.97 Å². The second-order valence-corrected chi connectivity index (χ2v) is 12.2. The van der Waals surface area contributed by atoms with E-state index < -0.39 is 0 Å². The summed E-state index contributed by atoms with van der Waals surface area (Å²) in [5.74, 6) is 1.84. The van der Waals surface area contributed by atoms with Gasteiger partial charge >= 0.3 is 0 Å². The molecule has 45 heavy (non-hydrogen) atoms. The molecule has 0 saturated carbocycles. The van der Waals surface area contributed by atoms with Crippen LogP contribution in [-0.2, 0) is 0 Å². The van der Waals surface area contributed by atoms with E-state index in [4.69, 9.17) is 19.4 Å². The van der Waals surface area contributed by atoms with E-state index in [1.165, 1.54) is 10.1 Å². The van der Waals surface area contributed by atoms with Crippen molar-refractivity contribution in [2.24, 2.45) is 0 Å². The van der Waals surface area contributed by atoms with Crippen LogP contribution in [0.4, 0.5) is 0 Å². The quantitative estimate of drug-likeness (QED) is 0.204. The van der Waals surface area contributed by atoms with Crippen molar-refractivity contribution in [1.29, 1.82) is 0 Å². The summed E-state index contributed by atoms with van der Waals surface area (Å²) in [5.41, 5.74) is 5.79. The maximum atomic E-state index is 6.68. The fourth-order valence-corrected chi connectivity index (χ4v) is 7.92. The lowest BCUT2D eigenvalue weighted by Gasteiger charge is -2.11. The van der Waals surface area contributed by atoms with E-state index in [9.17, 15) is 0 Å². The minimum atomic E-state index is 0.581. The van der Waals surface area contributed by atoms with Crippen LogP contribution in [0.15, 0.2) is 138 Å². The number of para-hydroxylation sites is 2. The fourth-order valence-electron chi connectivity index (χ4n) is 6.73.